The molecule has 1 aromatic heterocycles. The molecule has 4 heteroatoms. The molecule has 0 spiro atoms. The molecule has 0 aliphatic heterocycles. The van der Waals surface area contributed by atoms with E-state index < -0.39 is 0 Å². The maximum atomic E-state index is 12.2. The Morgan fingerprint density at radius 1 is 1.43 bits per heavy atom. The van der Waals surface area contributed by atoms with E-state index in [2.05, 4.69) is 22.2 Å². The minimum absolute atomic E-state index is 0.00959. The van der Waals surface area contributed by atoms with Gasteiger partial charge in [0.25, 0.3) is 5.91 Å². The van der Waals surface area contributed by atoms with E-state index in [-0.39, 0.29) is 5.91 Å². The summed E-state index contributed by atoms with van der Waals surface area (Å²) in [5.74, 6) is 1.64. The first kappa shape index (κ1) is 14.1. The molecule has 2 N–H and O–H groups in total. The lowest BCUT2D eigenvalue weighted by Crippen LogP contribution is -2.27. The summed E-state index contributed by atoms with van der Waals surface area (Å²) in [5, 5.41) is 3.04. The zero-order chi connectivity index (χ0) is 14.7. The molecule has 4 nitrogen and oxygen atoms in total. The predicted molar refractivity (Wildman–Crippen MR) is 84.2 cm³/mol. The lowest BCUT2D eigenvalue weighted by Gasteiger charge is -2.26. The van der Waals surface area contributed by atoms with Gasteiger partial charge in [-0.15, -0.1) is 0 Å². The van der Waals surface area contributed by atoms with Crippen molar-refractivity contribution in [3.8, 4) is 0 Å². The summed E-state index contributed by atoms with van der Waals surface area (Å²) in [5.41, 5.74) is 2.50. The van der Waals surface area contributed by atoms with E-state index in [4.69, 9.17) is 0 Å². The highest BCUT2D eigenvalue weighted by Crippen LogP contribution is 2.30. The number of amides is 1. The maximum absolute atomic E-state index is 12.2. The highest BCUT2D eigenvalue weighted by molar-refractivity contribution is 5.97. The van der Waals surface area contributed by atoms with Crippen LogP contribution in [0.3, 0.4) is 0 Å². The molecule has 1 heterocycles. The zero-order valence-electron chi connectivity index (χ0n) is 12.6. The van der Waals surface area contributed by atoms with Gasteiger partial charge >= 0.3 is 0 Å². The molecule has 1 amide bonds. The third-order valence-electron chi connectivity index (χ3n) is 4.57. The highest BCUT2D eigenvalue weighted by Gasteiger charge is 2.18. The molecule has 0 saturated heterocycles. The number of H-pyrrole nitrogens is 1. The summed E-state index contributed by atoms with van der Waals surface area (Å²) in [6.45, 7) is 3.11. The number of imidazole rings is 1. The number of hydrogen-bond acceptors (Lipinski definition) is 2. The van der Waals surface area contributed by atoms with Gasteiger partial charge in [0.15, 0.2) is 0 Å². The van der Waals surface area contributed by atoms with Gasteiger partial charge in [0.2, 0.25) is 0 Å². The number of aromatic amines is 1. The number of carbonyl (C=O) groups is 1. The van der Waals surface area contributed by atoms with Crippen LogP contribution in [0.1, 0.15) is 49.4 Å². The van der Waals surface area contributed by atoms with Crippen molar-refractivity contribution in [2.45, 2.75) is 39.0 Å². The minimum atomic E-state index is 0.00959. The fourth-order valence-electron chi connectivity index (χ4n) is 3.39. The quantitative estimate of drug-likeness (QED) is 0.903. The molecule has 112 valence electrons. The van der Waals surface area contributed by atoms with Crippen LogP contribution in [0.5, 0.6) is 0 Å². The van der Waals surface area contributed by atoms with Gasteiger partial charge in [-0.1, -0.05) is 26.2 Å². The van der Waals surface area contributed by atoms with E-state index in [0.717, 1.165) is 35.8 Å². The molecule has 2 aromatic rings. The Bertz CT molecular complexity index is 619. The third kappa shape index (κ3) is 3.43. The molecule has 21 heavy (non-hydrogen) atoms. The van der Waals surface area contributed by atoms with Gasteiger partial charge in [0, 0.05) is 12.1 Å². The van der Waals surface area contributed by atoms with E-state index in [1.54, 1.807) is 6.33 Å². The standard InChI is InChI=1S/C17H23N3O/c1-12-3-2-4-13(9-12)7-8-18-17(21)14-5-6-15-16(10-14)20-11-19-15/h5-6,10-13H,2-4,7-9H2,1H3,(H,18,21)(H,19,20). The van der Waals surface area contributed by atoms with E-state index in [1.807, 2.05) is 18.2 Å². The average Bonchev–Trinajstić information content (AvgIpc) is 2.94. The molecule has 3 rings (SSSR count). The molecule has 1 aliphatic rings. The summed E-state index contributed by atoms with van der Waals surface area (Å²) in [4.78, 5) is 19.4. The Labute approximate surface area is 125 Å². The van der Waals surface area contributed by atoms with Crippen LogP contribution < -0.4 is 5.32 Å². The van der Waals surface area contributed by atoms with Crippen molar-refractivity contribution in [1.29, 1.82) is 0 Å². The van der Waals surface area contributed by atoms with Crippen LogP contribution in [0.2, 0.25) is 0 Å². The number of nitrogens with one attached hydrogen (secondary N) is 2. The monoisotopic (exact) mass is 285 g/mol. The summed E-state index contributed by atoms with van der Waals surface area (Å²) < 4.78 is 0. The Kier molecular flexibility index (Phi) is 4.23. The van der Waals surface area contributed by atoms with E-state index in [9.17, 15) is 4.79 Å². The van der Waals surface area contributed by atoms with Crippen LogP contribution in [0, 0.1) is 11.8 Å². The van der Waals surface area contributed by atoms with Gasteiger partial charge in [-0.2, -0.15) is 0 Å². The van der Waals surface area contributed by atoms with Crippen LogP contribution in [-0.2, 0) is 0 Å². The summed E-state index contributed by atoms with van der Waals surface area (Å²) >= 11 is 0. The van der Waals surface area contributed by atoms with Crippen molar-refractivity contribution < 1.29 is 4.79 Å². The molecule has 1 saturated carbocycles. The molecule has 2 atom stereocenters. The van der Waals surface area contributed by atoms with Gasteiger partial charge < -0.3 is 10.3 Å². The fourth-order valence-corrected chi connectivity index (χ4v) is 3.39. The van der Waals surface area contributed by atoms with Gasteiger partial charge in [0.05, 0.1) is 17.4 Å². The number of hydrogen-bond donors (Lipinski definition) is 2. The maximum Gasteiger partial charge on any atom is 0.251 e. The number of fused-ring (bicyclic) bond motifs is 1. The topological polar surface area (TPSA) is 57.8 Å². The lowest BCUT2D eigenvalue weighted by molar-refractivity contribution is 0.0949. The van der Waals surface area contributed by atoms with Crippen molar-refractivity contribution in [2.24, 2.45) is 11.8 Å². The molecule has 0 bridgehead atoms. The van der Waals surface area contributed by atoms with E-state index in [0.29, 0.717) is 5.56 Å². The Hall–Kier alpha value is -1.84. The second-order valence-electron chi connectivity index (χ2n) is 6.32. The number of rotatable bonds is 4. The van der Waals surface area contributed by atoms with Gasteiger partial charge in [-0.25, -0.2) is 4.98 Å². The van der Waals surface area contributed by atoms with Gasteiger partial charge in [-0.3, -0.25) is 4.79 Å². The fraction of sp³-hybridized carbons (Fsp3) is 0.529. The Morgan fingerprint density at radius 2 is 2.33 bits per heavy atom. The second kappa shape index (κ2) is 6.29. The average molecular weight is 285 g/mol. The molecule has 0 radical (unpaired) electrons. The highest BCUT2D eigenvalue weighted by atomic mass is 16.1. The first-order valence-electron chi connectivity index (χ1n) is 7.93. The molecule has 1 aliphatic carbocycles. The zero-order valence-corrected chi connectivity index (χ0v) is 12.6. The van der Waals surface area contributed by atoms with Crippen molar-refractivity contribution in [3.05, 3.63) is 30.1 Å². The second-order valence-corrected chi connectivity index (χ2v) is 6.32. The lowest BCUT2D eigenvalue weighted by atomic mass is 9.81. The first-order valence-corrected chi connectivity index (χ1v) is 7.93. The molecular formula is C17H23N3O. The van der Waals surface area contributed by atoms with Crippen molar-refractivity contribution in [1.82, 2.24) is 15.3 Å². The summed E-state index contributed by atoms with van der Waals surface area (Å²) in [6, 6.07) is 5.57. The van der Waals surface area contributed by atoms with Crippen LogP contribution in [0.4, 0.5) is 0 Å². The normalized spacial score (nSPS) is 22.3. The molecular weight excluding hydrogens is 262 g/mol. The number of nitrogens with zero attached hydrogens (tertiary/aromatic N) is 1. The molecule has 1 fully saturated rings. The van der Waals surface area contributed by atoms with Crippen molar-refractivity contribution in [2.75, 3.05) is 6.54 Å². The smallest absolute Gasteiger partial charge is 0.251 e. The van der Waals surface area contributed by atoms with Crippen LogP contribution in [0.15, 0.2) is 24.5 Å². The van der Waals surface area contributed by atoms with Crippen LogP contribution >= 0.6 is 0 Å². The molecule has 2 unspecified atom stereocenters. The molecule has 1 aromatic carbocycles. The number of carbonyl (C=O) groups excluding carboxylic acids is 1. The SMILES string of the molecule is CC1CCCC(CCNC(=O)c2ccc3nc[nH]c3c2)C1. The van der Waals surface area contributed by atoms with Gasteiger partial charge in [-0.05, 0) is 42.9 Å². The van der Waals surface area contributed by atoms with Crippen molar-refractivity contribution in [3.63, 3.8) is 0 Å². The summed E-state index contributed by atoms with van der Waals surface area (Å²) in [7, 11) is 0. The van der Waals surface area contributed by atoms with Crippen LogP contribution in [0.25, 0.3) is 11.0 Å². The van der Waals surface area contributed by atoms with Crippen molar-refractivity contribution >= 4 is 16.9 Å². The van der Waals surface area contributed by atoms with Crippen LogP contribution in [-0.4, -0.2) is 22.4 Å². The third-order valence-corrected chi connectivity index (χ3v) is 4.57. The largest absolute Gasteiger partial charge is 0.352 e. The number of aromatic nitrogens is 2. The van der Waals surface area contributed by atoms with E-state index >= 15 is 0 Å². The predicted octanol–water partition coefficient (Wildman–Crippen LogP) is 3.51. The Morgan fingerprint density at radius 3 is 3.19 bits per heavy atom. The number of benzene rings is 1. The van der Waals surface area contributed by atoms with E-state index in [1.165, 1.54) is 25.7 Å². The van der Waals surface area contributed by atoms with Gasteiger partial charge in [0.1, 0.15) is 0 Å². The summed E-state index contributed by atoms with van der Waals surface area (Å²) in [6.07, 6.45) is 8.10. The Balaban J connectivity index is 1.51. The minimum Gasteiger partial charge on any atom is -0.352 e. The first-order chi connectivity index (χ1) is 10.2.